The molecule has 21 heavy (non-hydrogen) atoms. The molecule has 0 aliphatic heterocycles. The van der Waals surface area contributed by atoms with Gasteiger partial charge in [-0.05, 0) is 81.1 Å². The van der Waals surface area contributed by atoms with Gasteiger partial charge in [0.25, 0.3) is 0 Å². The summed E-state index contributed by atoms with van der Waals surface area (Å²) in [7, 11) is 0. The van der Waals surface area contributed by atoms with Crippen LogP contribution in [-0.2, 0) is 4.79 Å². The van der Waals surface area contributed by atoms with Gasteiger partial charge in [0.1, 0.15) is 0 Å². The number of hydrogen-bond donors (Lipinski definition) is 1. The molecule has 4 rings (SSSR count). The van der Waals surface area contributed by atoms with Gasteiger partial charge in [0.05, 0.1) is 0 Å². The zero-order valence-corrected chi connectivity index (χ0v) is 13.7. The molecule has 0 unspecified atom stereocenters. The molecule has 0 heterocycles. The van der Waals surface area contributed by atoms with Crippen LogP contribution in [0.3, 0.4) is 0 Å². The highest BCUT2D eigenvalue weighted by Gasteiger charge is 2.51. The summed E-state index contributed by atoms with van der Waals surface area (Å²) in [5.41, 5.74) is 6.00. The highest BCUT2D eigenvalue weighted by molar-refractivity contribution is 5.77. The zero-order valence-electron chi connectivity index (χ0n) is 13.7. The van der Waals surface area contributed by atoms with Crippen molar-refractivity contribution in [1.29, 1.82) is 0 Å². The fourth-order valence-electron chi connectivity index (χ4n) is 5.85. The van der Waals surface area contributed by atoms with Gasteiger partial charge in [0.2, 0.25) is 5.91 Å². The van der Waals surface area contributed by atoms with Crippen LogP contribution in [0.15, 0.2) is 0 Å². The molecule has 0 radical (unpaired) electrons. The summed E-state index contributed by atoms with van der Waals surface area (Å²) in [6.45, 7) is 4.61. The summed E-state index contributed by atoms with van der Waals surface area (Å²) in [5.74, 6) is 3.22. The molecule has 4 saturated carbocycles. The number of amides is 1. The molecule has 4 bridgehead atoms. The van der Waals surface area contributed by atoms with Crippen molar-refractivity contribution in [2.45, 2.75) is 64.7 Å². The molecule has 0 aromatic rings. The van der Waals surface area contributed by atoms with E-state index in [0.29, 0.717) is 17.9 Å². The molecule has 2 N–H and O–H groups in total. The quantitative estimate of drug-likeness (QED) is 0.783. The Balaban J connectivity index is 1.63. The number of nitrogens with zero attached hydrogens (tertiary/aromatic N) is 1. The average Bonchev–Trinajstić information content (AvgIpc) is 2.41. The average molecular weight is 292 g/mol. The number of rotatable bonds is 7. The maximum Gasteiger partial charge on any atom is 0.223 e. The first-order valence-corrected chi connectivity index (χ1v) is 9.12. The van der Waals surface area contributed by atoms with Crippen LogP contribution < -0.4 is 5.73 Å². The van der Waals surface area contributed by atoms with Crippen LogP contribution in [0.4, 0.5) is 0 Å². The van der Waals surface area contributed by atoms with Crippen molar-refractivity contribution in [2.24, 2.45) is 28.9 Å². The van der Waals surface area contributed by atoms with Gasteiger partial charge in [-0.3, -0.25) is 4.79 Å². The van der Waals surface area contributed by atoms with E-state index < -0.39 is 0 Å². The standard InChI is InChI=1S/C18H32N2O/c1-2-5-20(6-3-4-19)17(21)13-18-10-14-7-15(11-18)9-16(8-14)12-18/h14-16H,2-13,19H2,1H3. The van der Waals surface area contributed by atoms with Crippen molar-refractivity contribution >= 4 is 5.91 Å². The third kappa shape index (κ3) is 3.28. The second-order valence-corrected chi connectivity index (χ2v) is 8.12. The van der Waals surface area contributed by atoms with E-state index in [2.05, 4.69) is 11.8 Å². The SMILES string of the molecule is CCCN(CCCN)C(=O)CC12CC3CC(CC(C3)C1)C2. The Labute approximate surface area is 129 Å². The lowest BCUT2D eigenvalue weighted by Crippen LogP contribution is -2.48. The lowest BCUT2D eigenvalue weighted by atomic mass is 9.49. The second kappa shape index (κ2) is 6.28. The maximum atomic E-state index is 12.8. The first-order chi connectivity index (χ1) is 10.1. The Morgan fingerprint density at radius 3 is 2.14 bits per heavy atom. The van der Waals surface area contributed by atoms with Gasteiger partial charge in [0.15, 0.2) is 0 Å². The van der Waals surface area contributed by atoms with Gasteiger partial charge < -0.3 is 10.6 Å². The number of hydrogen-bond acceptors (Lipinski definition) is 2. The molecular formula is C18H32N2O. The fraction of sp³-hybridized carbons (Fsp3) is 0.944. The highest BCUT2D eigenvalue weighted by atomic mass is 16.2. The number of carbonyl (C=O) groups is 1. The van der Waals surface area contributed by atoms with E-state index in [1.807, 2.05) is 0 Å². The van der Waals surface area contributed by atoms with Crippen LogP contribution in [0.2, 0.25) is 0 Å². The smallest absolute Gasteiger partial charge is 0.223 e. The summed E-state index contributed by atoms with van der Waals surface area (Å²) in [6, 6.07) is 0. The molecule has 120 valence electrons. The largest absolute Gasteiger partial charge is 0.343 e. The first-order valence-electron chi connectivity index (χ1n) is 9.12. The molecule has 3 nitrogen and oxygen atoms in total. The van der Waals surface area contributed by atoms with Crippen LogP contribution in [-0.4, -0.2) is 30.4 Å². The topological polar surface area (TPSA) is 46.3 Å². The Hall–Kier alpha value is -0.570. The van der Waals surface area contributed by atoms with Crippen LogP contribution in [0, 0.1) is 23.2 Å². The maximum absolute atomic E-state index is 12.8. The molecule has 0 atom stereocenters. The molecule has 1 amide bonds. The van der Waals surface area contributed by atoms with Crippen LogP contribution in [0.5, 0.6) is 0 Å². The molecule has 0 spiro atoms. The van der Waals surface area contributed by atoms with Gasteiger partial charge in [-0.2, -0.15) is 0 Å². The minimum atomic E-state index is 0.376. The second-order valence-electron chi connectivity index (χ2n) is 8.12. The molecule has 0 saturated heterocycles. The predicted molar refractivity (Wildman–Crippen MR) is 85.8 cm³/mol. The molecule has 4 aliphatic rings. The monoisotopic (exact) mass is 292 g/mol. The summed E-state index contributed by atoms with van der Waals surface area (Å²) in [5, 5.41) is 0. The summed E-state index contributed by atoms with van der Waals surface area (Å²) in [6.07, 6.45) is 11.2. The Kier molecular flexibility index (Phi) is 4.58. The lowest BCUT2D eigenvalue weighted by molar-refractivity contribution is -0.139. The number of carbonyl (C=O) groups excluding carboxylic acids is 1. The summed E-state index contributed by atoms with van der Waals surface area (Å²) >= 11 is 0. The molecule has 4 aliphatic carbocycles. The third-order valence-corrected chi connectivity index (χ3v) is 6.17. The minimum absolute atomic E-state index is 0.376. The highest BCUT2D eigenvalue weighted by Crippen LogP contribution is 2.61. The number of nitrogens with two attached hydrogens (primary N) is 1. The van der Waals surface area contributed by atoms with Crippen molar-refractivity contribution < 1.29 is 4.79 Å². The van der Waals surface area contributed by atoms with E-state index in [0.717, 1.165) is 50.1 Å². The van der Waals surface area contributed by atoms with E-state index in [1.54, 1.807) is 0 Å². The fourth-order valence-corrected chi connectivity index (χ4v) is 5.85. The van der Waals surface area contributed by atoms with Crippen LogP contribution in [0.1, 0.15) is 64.7 Å². The molecular weight excluding hydrogens is 260 g/mol. The summed E-state index contributed by atoms with van der Waals surface area (Å²) < 4.78 is 0. The lowest BCUT2D eigenvalue weighted by Gasteiger charge is -2.57. The van der Waals surface area contributed by atoms with Gasteiger partial charge in [-0.1, -0.05) is 6.92 Å². The van der Waals surface area contributed by atoms with E-state index >= 15 is 0 Å². The van der Waals surface area contributed by atoms with E-state index in [9.17, 15) is 4.79 Å². The van der Waals surface area contributed by atoms with Crippen molar-refractivity contribution in [3.63, 3.8) is 0 Å². The molecule has 0 aromatic carbocycles. The van der Waals surface area contributed by atoms with Crippen LogP contribution >= 0.6 is 0 Å². The van der Waals surface area contributed by atoms with Crippen LogP contribution in [0.25, 0.3) is 0 Å². The van der Waals surface area contributed by atoms with Crippen molar-refractivity contribution in [3.8, 4) is 0 Å². The Morgan fingerprint density at radius 1 is 1.10 bits per heavy atom. The zero-order chi connectivity index (χ0) is 14.9. The Bertz CT molecular complexity index is 344. The first kappa shape index (κ1) is 15.3. The molecule has 0 aromatic heterocycles. The normalized spacial score (nSPS) is 37.0. The van der Waals surface area contributed by atoms with Crippen molar-refractivity contribution in [2.75, 3.05) is 19.6 Å². The van der Waals surface area contributed by atoms with Crippen molar-refractivity contribution in [3.05, 3.63) is 0 Å². The van der Waals surface area contributed by atoms with Gasteiger partial charge in [-0.25, -0.2) is 0 Å². The van der Waals surface area contributed by atoms with Crippen molar-refractivity contribution in [1.82, 2.24) is 4.90 Å². The van der Waals surface area contributed by atoms with Gasteiger partial charge in [-0.15, -0.1) is 0 Å². The minimum Gasteiger partial charge on any atom is -0.343 e. The summed E-state index contributed by atoms with van der Waals surface area (Å²) in [4.78, 5) is 14.9. The predicted octanol–water partition coefficient (Wildman–Crippen LogP) is 3.18. The van der Waals surface area contributed by atoms with Gasteiger partial charge >= 0.3 is 0 Å². The molecule has 4 fully saturated rings. The van der Waals surface area contributed by atoms with E-state index in [1.165, 1.54) is 38.5 Å². The van der Waals surface area contributed by atoms with E-state index in [-0.39, 0.29) is 0 Å². The Morgan fingerprint density at radius 2 is 1.67 bits per heavy atom. The van der Waals surface area contributed by atoms with Gasteiger partial charge in [0, 0.05) is 19.5 Å². The third-order valence-electron chi connectivity index (χ3n) is 6.17. The molecule has 3 heteroatoms. The van der Waals surface area contributed by atoms with E-state index in [4.69, 9.17) is 5.73 Å².